The largest absolute Gasteiger partial charge is 0.507 e. The van der Waals surface area contributed by atoms with Crippen LogP contribution >= 0.6 is 15.9 Å². The van der Waals surface area contributed by atoms with Crippen molar-refractivity contribution in [3.8, 4) is 0 Å². The smallest absolute Gasteiger partial charge is 0.295 e. The Balaban J connectivity index is 2.17. The molecule has 1 aliphatic rings. The summed E-state index contributed by atoms with van der Waals surface area (Å²) in [5.41, 5.74) is 0.761. The van der Waals surface area contributed by atoms with E-state index in [2.05, 4.69) is 15.9 Å². The number of likely N-dealkylation sites (tertiary alicyclic amines) is 1. The van der Waals surface area contributed by atoms with Crippen LogP contribution in [0.5, 0.6) is 0 Å². The van der Waals surface area contributed by atoms with E-state index in [0.717, 1.165) is 16.6 Å². The molecule has 1 saturated heterocycles. The maximum absolute atomic E-state index is 13.1. The first-order chi connectivity index (χ1) is 12.4. The molecule has 1 aliphatic heterocycles. The van der Waals surface area contributed by atoms with Crippen LogP contribution < -0.4 is 0 Å². The van der Waals surface area contributed by atoms with Crippen LogP contribution in [0.1, 0.15) is 17.2 Å². The van der Waals surface area contributed by atoms with E-state index in [1.54, 1.807) is 24.3 Å². The first-order valence-corrected chi connectivity index (χ1v) is 8.64. The van der Waals surface area contributed by atoms with Crippen molar-refractivity contribution < 1.29 is 24.2 Å². The van der Waals surface area contributed by atoms with Gasteiger partial charge in [0.05, 0.1) is 18.2 Å². The van der Waals surface area contributed by atoms with Gasteiger partial charge in [-0.05, 0) is 42.0 Å². The predicted octanol–water partition coefficient (Wildman–Crippen LogP) is 3.00. The fraction of sp³-hybridized carbons (Fsp3) is 0.158. The Hall–Kier alpha value is -2.51. The molecule has 1 unspecified atom stereocenters. The molecule has 2 aromatic carbocycles. The molecule has 0 bridgehead atoms. The zero-order valence-corrected chi connectivity index (χ0v) is 15.1. The van der Waals surface area contributed by atoms with Gasteiger partial charge in [-0.25, -0.2) is 4.39 Å². The van der Waals surface area contributed by atoms with E-state index in [4.69, 9.17) is 0 Å². The Bertz CT molecular complexity index is 877. The second-order valence-corrected chi connectivity index (χ2v) is 6.69. The van der Waals surface area contributed by atoms with Crippen molar-refractivity contribution in [2.24, 2.45) is 0 Å². The minimum absolute atomic E-state index is 0.0501. The van der Waals surface area contributed by atoms with Gasteiger partial charge < -0.3 is 15.1 Å². The number of amides is 1. The Morgan fingerprint density at radius 1 is 1.08 bits per heavy atom. The summed E-state index contributed by atoms with van der Waals surface area (Å²) in [5, 5.41) is 19.9. The van der Waals surface area contributed by atoms with Crippen LogP contribution in [0.2, 0.25) is 0 Å². The van der Waals surface area contributed by atoms with Crippen molar-refractivity contribution >= 4 is 33.4 Å². The van der Waals surface area contributed by atoms with E-state index in [0.29, 0.717) is 5.56 Å². The lowest BCUT2D eigenvalue weighted by Crippen LogP contribution is -2.32. The number of β-amino-alcohol motifs (C(OH)–C–C–N with tert-alkyl or cyclic N) is 1. The van der Waals surface area contributed by atoms with Crippen molar-refractivity contribution in [3.63, 3.8) is 0 Å². The highest BCUT2D eigenvalue weighted by molar-refractivity contribution is 9.10. The number of benzene rings is 2. The molecule has 1 heterocycles. The monoisotopic (exact) mass is 419 g/mol. The number of rotatable bonds is 4. The van der Waals surface area contributed by atoms with Crippen LogP contribution in [-0.4, -0.2) is 40.0 Å². The first kappa shape index (κ1) is 18.3. The molecule has 0 radical (unpaired) electrons. The van der Waals surface area contributed by atoms with Crippen molar-refractivity contribution in [2.45, 2.75) is 6.04 Å². The van der Waals surface area contributed by atoms with Gasteiger partial charge in [-0.3, -0.25) is 9.59 Å². The minimum atomic E-state index is -0.840. The number of nitrogens with zero attached hydrogens (tertiary/aromatic N) is 1. The average molecular weight is 420 g/mol. The van der Waals surface area contributed by atoms with E-state index >= 15 is 0 Å². The average Bonchev–Trinajstić information content (AvgIpc) is 2.88. The van der Waals surface area contributed by atoms with E-state index in [1.807, 2.05) is 0 Å². The summed E-state index contributed by atoms with van der Waals surface area (Å²) in [6.07, 6.45) is 0. The van der Waals surface area contributed by atoms with Crippen LogP contribution in [0, 0.1) is 5.82 Å². The lowest BCUT2D eigenvalue weighted by molar-refractivity contribution is -0.140. The van der Waals surface area contributed by atoms with E-state index in [9.17, 15) is 24.2 Å². The summed E-state index contributed by atoms with van der Waals surface area (Å²) in [6, 6.07) is 11.1. The third-order valence-electron chi connectivity index (χ3n) is 4.18. The zero-order chi connectivity index (χ0) is 18.8. The van der Waals surface area contributed by atoms with Crippen LogP contribution in [-0.2, 0) is 9.59 Å². The fourth-order valence-corrected chi connectivity index (χ4v) is 3.24. The van der Waals surface area contributed by atoms with E-state index in [-0.39, 0.29) is 30.0 Å². The highest BCUT2D eigenvalue weighted by Gasteiger charge is 2.45. The molecule has 2 N–H and O–H groups in total. The molecule has 0 saturated carbocycles. The number of Topliss-reactive ketones (excluding diaryl/α,β-unsaturated/α-hetero) is 1. The summed E-state index contributed by atoms with van der Waals surface area (Å²) in [4.78, 5) is 26.2. The van der Waals surface area contributed by atoms with Crippen molar-refractivity contribution in [3.05, 3.63) is 75.5 Å². The molecule has 0 spiro atoms. The number of carbonyl (C=O) groups is 2. The first-order valence-electron chi connectivity index (χ1n) is 7.84. The zero-order valence-electron chi connectivity index (χ0n) is 13.5. The SMILES string of the molecule is O=C1C(=O)N(CCO)C(c2ccc(Br)cc2)C1=C(O)c1ccc(F)cc1. The van der Waals surface area contributed by atoms with Gasteiger partial charge in [0.15, 0.2) is 0 Å². The molecule has 134 valence electrons. The van der Waals surface area contributed by atoms with Gasteiger partial charge in [0.1, 0.15) is 11.6 Å². The number of ketones is 1. The molecular formula is C19H15BrFNO4. The van der Waals surface area contributed by atoms with Crippen molar-refractivity contribution in [2.75, 3.05) is 13.2 Å². The van der Waals surface area contributed by atoms with Gasteiger partial charge in [-0.1, -0.05) is 28.1 Å². The second-order valence-electron chi connectivity index (χ2n) is 5.77. The lowest BCUT2D eigenvalue weighted by Gasteiger charge is -2.24. The highest BCUT2D eigenvalue weighted by Crippen LogP contribution is 2.39. The molecule has 2 aromatic rings. The fourth-order valence-electron chi connectivity index (χ4n) is 2.97. The van der Waals surface area contributed by atoms with Crippen LogP contribution in [0.4, 0.5) is 4.39 Å². The molecular weight excluding hydrogens is 405 g/mol. The summed E-state index contributed by atoms with van der Waals surface area (Å²) < 4.78 is 14.0. The summed E-state index contributed by atoms with van der Waals surface area (Å²) in [7, 11) is 0. The van der Waals surface area contributed by atoms with Gasteiger partial charge in [-0.2, -0.15) is 0 Å². The van der Waals surface area contributed by atoms with Gasteiger partial charge in [0.25, 0.3) is 11.7 Å². The quantitative estimate of drug-likeness (QED) is 0.453. The number of carbonyl (C=O) groups excluding carboxylic acids is 2. The van der Waals surface area contributed by atoms with Gasteiger partial charge in [0.2, 0.25) is 0 Å². The molecule has 0 aliphatic carbocycles. The van der Waals surface area contributed by atoms with Crippen LogP contribution in [0.25, 0.3) is 5.76 Å². The Labute approximate surface area is 157 Å². The highest BCUT2D eigenvalue weighted by atomic mass is 79.9. The lowest BCUT2D eigenvalue weighted by atomic mass is 9.95. The molecule has 3 rings (SSSR count). The maximum atomic E-state index is 13.1. The van der Waals surface area contributed by atoms with Crippen molar-refractivity contribution in [1.29, 1.82) is 0 Å². The van der Waals surface area contributed by atoms with Crippen LogP contribution in [0.3, 0.4) is 0 Å². The molecule has 0 aromatic heterocycles. The Morgan fingerprint density at radius 3 is 2.27 bits per heavy atom. The van der Waals surface area contributed by atoms with Gasteiger partial charge >= 0.3 is 0 Å². The topological polar surface area (TPSA) is 77.8 Å². The molecule has 7 heteroatoms. The van der Waals surface area contributed by atoms with Gasteiger partial charge in [0, 0.05) is 16.6 Å². The van der Waals surface area contributed by atoms with Crippen molar-refractivity contribution in [1.82, 2.24) is 4.90 Å². The molecule has 5 nitrogen and oxygen atoms in total. The van der Waals surface area contributed by atoms with E-state index in [1.165, 1.54) is 17.0 Å². The summed E-state index contributed by atoms with van der Waals surface area (Å²) >= 11 is 3.33. The standard InChI is InChI=1S/C19H15BrFNO4/c20-13-5-1-11(2-6-13)16-15(18(25)19(26)22(16)9-10-23)17(24)12-3-7-14(21)8-4-12/h1-8,16,23-24H,9-10H2. The predicted molar refractivity (Wildman–Crippen MR) is 96.6 cm³/mol. The number of halogens is 2. The second kappa shape index (κ2) is 7.39. The molecule has 1 atom stereocenters. The summed E-state index contributed by atoms with van der Waals surface area (Å²) in [5.74, 6) is -2.49. The third-order valence-corrected chi connectivity index (χ3v) is 4.71. The molecule has 1 fully saturated rings. The number of hydrogen-bond acceptors (Lipinski definition) is 4. The van der Waals surface area contributed by atoms with Crippen LogP contribution in [0.15, 0.2) is 58.6 Å². The Morgan fingerprint density at radius 2 is 1.69 bits per heavy atom. The Kier molecular flexibility index (Phi) is 5.20. The maximum Gasteiger partial charge on any atom is 0.295 e. The third kappa shape index (κ3) is 3.27. The minimum Gasteiger partial charge on any atom is -0.507 e. The van der Waals surface area contributed by atoms with E-state index < -0.39 is 23.5 Å². The molecule has 26 heavy (non-hydrogen) atoms. The number of hydrogen-bond donors (Lipinski definition) is 2. The molecule has 1 amide bonds. The number of aliphatic hydroxyl groups is 2. The van der Waals surface area contributed by atoms with Gasteiger partial charge in [-0.15, -0.1) is 0 Å². The number of aliphatic hydroxyl groups excluding tert-OH is 2. The normalized spacial score (nSPS) is 19.2. The summed E-state index contributed by atoms with van der Waals surface area (Å²) in [6.45, 7) is -0.373.